The molecule has 0 N–H and O–H groups in total. The lowest BCUT2D eigenvalue weighted by molar-refractivity contribution is 0.460. The average Bonchev–Trinajstić information content (AvgIpc) is 2.70. The van der Waals surface area contributed by atoms with Crippen molar-refractivity contribution in [3.8, 4) is 0 Å². The number of benzene rings is 3. The fraction of sp³-hybridized carbons (Fsp3) is 0.250. The van der Waals surface area contributed by atoms with Gasteiger partial charge in [0.15, 0.2) is 0 Å². The molecule has 0 aliphatic carbocycles. The first-order valence-electron chi connectivity index (χ1n) is 10.8. The molecule has 0 amide bonds. The first kappa shape index (κ1) is 29.4. The van der Waals surface area contributed by atoms with E-state index in [1.807, 2.05) is 0 Å². The van der Waals surface area contributed by atoms with Gasteiger partial charge < -0.3 is 13.7 Å². The van der Waals surface area contributed by atoms with Crippen LogP contribution in [0.3, 0.4) is 0 Å². The van der Waals surface area contributed by atoms with Gasteiger partial charge in [0.25, 0.3) is 0 Å². The Balaban J connectivity index is 2.67. The minimum absolute atomic E-state index is 0.115. The molecule has 0 aliphatic heterocycles. The summed E-state index contributed by atoms with van der Waals surface area (Å²) in [5, 5.41) is 1.14. The van der Waals surface area contributed by atoms with E-state index in [0.717, 1.165) is 0 Å². The quantitative estimate of drug-likeness (QED) is 0.311. The Morgan fingerprint density at radius 3 is 0.865 bits per heavy atom. The van der Waals surface area contributed by atoms with Gasteiger partial charge >= 0.3 is 0 Å². The fourth-order valence-electron chi connectivity index (χ4n) is 4.63. The molecule has 0 unspecified atom stereocenters. The second-order valence-electron chi connectivity index (χ2n) is 8.76. The summed E-state index contributed by atoms with van der Waals surface area (Å²) in [6, 6.07) is 7.88. The molecule has 3 aromatic carbocycles. The number of aryl methyl sites for hydroxylation is 3. The highest BCUT2D eigenvalue weighted by Gasteiger charge is 2.30. The van der Waals surface area contributed by atoms with Gasteiger partial charge in [-0.1, -0.05) is 18.2 Å². The van der Waals surface area contributed by atoms with E-state index in [1.165, 1.54) is 57.2 Å². The Kier molecular flexibility index (Phi) is 7.82. The van der Waals surface area contributed by atoms with Crippen molar-refractivity contribution >= 4 is 54.2 Å². The Bertz CT molecular complexity index is 1550. The highest BCUT2D eigenvalue weighted by molar-refractivity contribution is 7.87. The zero-order valence-electron chi connectivity index (χ0n) is 20.8. The molecule has 37 heavy (non-hydrogen) atoms. The van der Waals surface area contributed by atoms with Crippen LogP contribution in [0.5, 0.6) is 0 Å². The van der Waals surface area contributed by atoms with Crippen molar-refractivity contribution in [3.05, 3.63) is 69.8 Å². The van der Waals surface area contributed by atoms with Gasteiger partial charge in [-0.3, -0.25) is 0 Å². The third-order valence-electron chi connectivity index (χ3n) is 6.23. The molecule has 0 saturated carbocycles. The van der Waals surface area contributed by atoms with E-state index >= 15 is 0 Å². The second-order valence-corrected chi connectivity index (χ2v) is 14.8. The molecule has 0 radical (unpaired) electrons. The van der Waals surface area contributed by atoms with Crippen molar-refractivity contribution in [3.63, 3.8) is 0 Å². The van der Waals surface area contributed by atoms with Crippen LogP contribution in [0, 0.1) is 41.5 Å². The zero-order valence-corrected chi connectivity index (χ0v) is 24.2. The topological polar surface area (TPSA) is 172 Å². The maximum Gasteiger partial charge on any atom is 0.124 e. The Morgan fingerprint density at radius 1 is 0.459 bits per heavy atom. The maximum atomic E-state index is 12.1. The number of rotatable bonds is 6. The van der Waals surface area contributed by atoms with Gasteiger partial charge in [-0.2, -0.15) is 0 Å². The van der Waals surface area contributed by atoms with Crippen molar-refractivity contribution in [2.24, 2.45) is 0 Å². The molecule has 3 aromatic rings. The van der Waals surface area contributed by atoms with Gasteiger partial charge in [-0.25, -0.2) is 25.3 Å². The van der Waals surface area contributed by atoms with Crippen molar-refractivity contribution < 1.29 is 38.9 Å². The first-order valence-corrected chi connectivity index (χ1v) is 16.3. The van der Waals surface area contributed by atoms with E-state index in [-0.39, 0.29) is 16.7 Å². The van der Waals surface area contributed by atoms with E-state index in [0.29, 0.717) is 32.6 Å². The highest BCUT2D eigenvalue weighted by atomic mass is 32.2. The average molecular weight is 584 g/mol. The maximum absolute atomic E-state index is 12.1. The van der Waals surface area contributed by atoms with Crippen molar-refractivity contribution in [2.45, 2.75) is 56.2 Å². The molecule has 0 atom stereocenters. The van der Waals surface area contributed by atoms with Gasteiger partial charge in [-0.15, -0.1) is 0 Å². The predicted octanol–water partition coefficient (Wildman–Crippen LogP) is 2.01. The van der Waals surface area contributed by atoms with E-state index in [2.05, 4.69) is 0 Å². The van der Waals surface area contributed by atoms with E-state index < -0.39 is 53.0 Å². The molecule has 200 valence electrons. The van der Waals surface area contributed by atoms with Gasteiger partial charge in [0.05, 0.1) is 14.7 Å². The third-order valence-corrected chi connectivity index (χ3v) is 12.6. The summed E-state index contributed by atoms with van der Waals surface area (Å²) < 4.78 is 109. The van der Waals surface area contributed by atoms with Crippen LogP contribution in [0.1, 0.15) is 33.4 Å². The molecule has 0 saturated heterocycles. The lowest BCUT2D eigenvalue weighted by Gasteiger charge is -2.31. The molecule has 0 aliphatic rings. The van der Waals surface area contributed by atoms with Crippen LogP contribution in [0.2, 0.25) is 0 Å². The summed E-state index contributed by atoms with van der Waals surface area (Å²) in [4.78, 5) is -1.44. The van der Waals surface area contributed by atoms with Gasteiger partial charge in [0, 0.05) is 0 Å². The Hall–Kier alpha value is -2.18. The molecule has 3 rings (SSSR count). The monoisotopic (exact) mass is 583 g/mol. The molecule has 9 nitrogen and oxygen atoms in total. The molecule has 13 heteroatoms. The fourth-order valence-corrected chi connectivity index (χ4v) is 10.3. The Morgan fingerprint density at radius 2 is 0.676 bits per heavy atom. The second kappa shape index (κ2) is 9.85. The SMILES string of the molecule is Cc1ccc(S(=O)(=O)[O-])c(C)c1P(c1c(C)ccc(S(=O)(=O)[O-])c1C)c1c(C)ccc(S(=O)(=O)[O-])c1C. The van der Waals surface area contributed by atoms with Crippen molar-refractivity contribution in [2.75, 3.05) is 0 Å². The molecule has 0 heterocycles. The molecular weight excluding hydrogens is 559 g/mol. The number of hydrogen-bond donors (Lipinski definition) is 0. The standard InChI is InChI=1S/C24H27O9PS3/c1-13-7-10-19(35(25,26)27)16(4)22(13)34(23-14(2)8-11-20(17(23)5)36(28,29)30)24-15(3)9-12-21(18(24)6)37(31,32)33/h7-12H,1-6H3,(H,25,26,27)(H,28,29,30)(H,31,32,33)/p-3. The third kappa shape index (κ3) is 5.51. The molecule has 0 spiro atoms. The largest absolute Gasteiger partial charge is 0.744 e. The normalized spacial score (nSPS) is 12.8. The first-order chi connectivity index (χ1) is 16.8. The molecular formula is C24H24O9PS3-3. The summed E-state index contributed by atoms with van der Waals surface area (Å²) in [6.07, 6.45) is 0. The van der Waals surface area contributed by atoms with Crippen LogP contribution in [0.25, 0.3) is 0 Å². The molecule has 0 aromatic heterocycles. The van der Waals surface area contributed by atoms with E-state index in [4.69, 9.17) is 0 Å². The van der Waals surface area contributed by atoms with Crippen LogP contribution in [-0.2, 0) is 30.4 Å². The predicted molar refractivity (Wildman–Crippen MR) is 137 cm³/mol. The molecule has 0 bridgehead atoms. The van der Waals surface area contributed by atoms with Gasteiger partial charge in [0.2, 0.25) is 0 Å². The highest BCUT2D eigenvalue weighted by Crippen LogP contribution is 2.42. The summed E-state index contributed by atoms with van der Waals surface area (Å²) in [5.74, 6) is 0. The van der Waals surface area contributed by atoms with E-state index in [9.17, 15) is 38.9 Å². The van der Waals surface area contributed by atoms with Crippen molar-refractivity contribution in [1.82, 2.24) is 0 Å². The minimum atomic E-state index is -4.91. The van der Waals surface area contributed by atoms with Crippen LogP contribution < -0.4 is 15.9 Å². The number of hydrogen-bond acceptors (Lipinski definition) is 9. The summed E-state index contributed by atoms with van der Waals surface area (Å²) >= 11 is 0. The Labute approximate surface area is 218 Å². The lowest BCUT2D eigenvalue weighted by Crippen LogP contribution is -2.32. The van der Waals surface area contributed by atoms with Crippen molar-refractivity contribution in [1.29, 1.82) is 0 Å². The van der Waals surface area contributed by atoms with Crippen LogP contribution in [0.4, 0.5) is 0 Å². The van der Waals surface area contributed by atoms with Crippen LogP contribution in [-0.4, -0.2) is 38.9 Å². The minimum Gasteiger partial charge on any atom is -0.744 e. The lowest BCUT2D eigenvalue weighted by atomic mass is 10.1. The summed E-state index contributed by atoms with van der Waals surface area (Å²) in [6.45, 7) is 9.37. The summed E-state index contributed by atoms with van der Waals surface area (Å²) in [5.41, 5.74) is 2.01. The van der Waals surface area contributed by atoms with E-state index in [1.54, 1.807) is 20.8 Å². The molecule has 0 fully saturated rings. The summed E-state index contributed by atoms with van der Waals surface area (Å²) in [7, 11) is -16.7. The zero-order chi connectivity index (χ0) is 28.2. The smallest absolute Gasteiger partial charge is 0.124 e. The van der Waals surface area contributed by atoms with Crippen LogP contribution >= 0.6 is 7.92 Å². The van der Waals surface area contributed by atoms with Gasteiger partial charge in [-0.05, 0) is 117 Å². The van der Waals surface area contributed by atoms with Crippen LogP contribution in [0.15, 0.2) is 51.1 Å². The van der Waals surface area contributed by atoms with Gasteiger partial charge in [0.1, 0.15) is 30.4 Å².